The minimum absolute atomic E-state index is 0.161. The fourth-order valence-corrected chi connectivity index (χ4v) is 3.73. The third-order valence-corrected chi connectivity index (χ3v) is 5.21. The van der Waals surface area contributed by atoms with Gasteiger partial charge in [0.15, 0.2) is 0 Å². The second-order valence-electron chi connectivity index (χ2n) is 7.31. The van der Waals surface area contributed by atoms with Gasteiger partial charge in [-0.05, 0) is 31.4 Å². The summed E-state index contributed by atoms with van der Waals surface area (Å²) < 4.78 is 5.63. The molecule has 0 aliphatic heterocycles. The second kappa shape index (κ2) is 11.6. The highest BCUT2D eigenvalue weighted by Crippen LogP contribution is 2.38. The first-order chi connectivity index (χ1) is 13.5. The average Bonchev–Trinajstić information content (AvgIpc) is 2.95. The van der Waals surface area contributed by atoms with E-state index in [1.807, 2.05) is 18.2 Å². The molecule has 6 heteroatoms. The largest absolute Gasteiger partial charge is 0.481 e. The summed E-state index contributed by atoms with van der Waals surface area (Å²) in [4.78, 5) is 23.6. The molecule has 0 saturated heterocycles. The number of aliphatic hydroxyl groups is 2. The van der Waals surface area contributed by atoms with Crippen molar-refractivity contribution in [3.05, 3.63) is 48.0 Å². The van der Waals surface area contributed by atoms with Crippen LogP contribution in [-0.2, 0) is 9.53 Å². The fourth-order valence-electron chi connectivity index (χ4n) is 3.73. The highest BCUT2D eigenvalue weighted by atomic mass is 16.5. The number of benzene rings is 1. The number of hydrogen-bond donors (Lipinski definition) is 3. The molecule has 3 N–H and O–H groups in total. The van der Waals surface area contributed by atoms with E-state index < -0.39 is 30.1 Å². The first-order valence-corrected chi connectivity index (χ1v) is 9.96. The first-order valence-electron chi connectivity index (χ1n) is 9.96. The van der Waals surface area contributed by atoms with Crippen molar-refractivity contribution in [2.45, 2.75) is 57.2 Å². The van der Waals surface area contributed by atoms with Gasteiger partial charge in [0.1, 0.15) is 6.10 Å². The Bertz CT molecular complexity index is 642. The SMILES string of the molecule is O=C(O)C[C@@H]1[C@@H](C=CCCCCCCO)[C@H](OC(=O)c2ccccc2)C[C@@H]1O. The predicted octanol–water partition coefficient (Wildman–Crippen LogP) is 3.18. The highest BCUT2D eigenvalue weighted by molar-refractivity contribution is 5.89. The lowest BCUT2D eigenvalue weighted by Gasteiger charge is -2.21. The van der Waals surface area contributed by atoms with E-state index in [1.165, 1.54) is 0 Å². The van der Waals surface area contributed by atoms with Crippen molar-refractivity contribution in [3.8, 4) is 0 Å². The van der Waals surface area contributed by atoms with E-state index in [4.69, 9.17) is 9.84 Å². The average molecular weight is 390 g/mol. The second-order valence-corrected chi connectivity index (χ2v) is 7.31. The van der Waals surface area contributed by atoms with Crippen molar-refractivity contribution in [3.63, 3.8) is 0 Å². The van der Waals surface area contributed by atoms with E-state index >= 15 is 0 Å². The van der Waals surface area contributed by atoms with Gasteiger partial charge in [0.25, 0.3) is 0 Å². The number of unbranched alkanes of at least 4 members (excludes halogenated alkanes) is 4. The Hall–Kier alpha value is -2.18. The maximum atomic E-state index is 12.4. The van der Waals surface area contributed by atoms with E-state index in [2.05, 4.69) is 0 Å². The number of ether oxygens (including phenoxy) is 1. The van der Waals surface area contributed by atoms with Gasteiger partial charge in [-0.25, -0.2) is 4.79 Å². The summed E-state index contributed by atoms with van der Waals surface area (Å²) >= 11 is 0. The maximum absolute atomic E-state index is 12.4. The number of hydrogen-bond acceptors (Lipinski definition) is 5. The third kappa shape index (κ3) is 6.77. The summed E-state index contributed by atoms with van der Waals surface area (Å²) in [5, 5.41) is 28.3. The number of aliphatic hydroxyl groups excluding tert-OH is 2. The number of carbonyl (C=O) groups excluding carboxylic acids is 1. The van der Waals surface area contributed by atoms with Crippen molar-refractivity contribution < 1.29 is 29.6 Å². The lowest BCUT2D eigenvalue weighted by atomic mass is 9.90. The van der Waals surface area contributed by atoms with Gasteiger partial charge in [0, 0.05) is 24.9 Å². The van der Waals surface area contributed by atoms with Crippen LogP contribution in [0.2, 0.25) is 0 Å². The van der Waals surface area contributed by atoms with Gasteiger partial charge in [0.05, 0.1) is 18.1 Å². The number of carbonyl (C=O) groups is 2. The summed E-state index contributed by atoms with van der Waals surface area (Å²) in [6.45, 7) is 0.209. The van der Waals surface area contributed by atoms with Crippen LogP contribution in [0.15, 0.2) is 42.5 Å². The quantitative estimate of drug-likeness (QED) is 0.305. The molecule has 1 aliphatic rings. The van der Waals surface area contributed by atoms with Crippen LogP contribution in [-0.4, -0.2) is 46.1 Å². The maximum Gasteiger partial charge on any atom is 0.338 e. The number of esters is 1. The zero-order chi connectivity index (χ0) is 20.4. The lowest BCUT2D eigenvalue weighted by Crippen LogP contribution is -2.26. The zero-order valence-electron chi connectivity index (χ0n) is 16.1. The minimum Gasteiger partial charge on any atom is -0.481 e. The molecule has 0 aromatic heterocycles. The van der Waals surface area contributed by atoms with E-state index in [-0.39, 0.29) is 25.4 Å². The van der Waals surface area contributed by atoms with Crippen molar-refractivity contribution in [2.75, 3.05) is 6.61 Å². The summed E-state index contributed by atoms with van der Waals surface area (Å²) in [7, 11) is 0. The van der Waals surface area contributed by atoms with Gasteiger partial charge < -0.3 is 20.1 Å². The van der Waals surface area contributed by atoms with Crippen molar-refractivity contribution in [1.29, 1.82) is 0 Å². The van der Waals surface area contributed by atoms with E-state index in [9.17, 15) is 19.8 Å². The van der Waals surface area contributed by atoms with E-state index in [0.29, 0.717) is 5.56 Å². The lowest BCUT2D eigenvalue weighted by molar-refractivity contribution is -0.139. The minimum atomic E-state index is -0.971. The van der Waals surface area contributed by atoms with Crippen LogP contribution in [0.5, 0.6) is 0 Å². The Kier molecular flexibility index (Phi) is 9.17. The van der Waals surface area contributed by atoms with Gasteiger partial charge in [-0.1, -0.05) is 43.2 Å². The highest BCUT2D eigenvalue weighted by Gasteiger charge is 2.44. The summed E-state index contributed by atoms with van der Waals surface area (Å²) in [6.07, 6.45) is 7.21. The van der Waals surface area contributed by atoms with Gasteiger partial charge in [0.2, 0.25) is 0 Å². The number of aliphatic carboxylic acids is 1. The normalized spacial score (nSPS) is 24.5. The Morgan fingerprint density at radius 3 is 2.50 bits per heavy atom. The Morgan fingerprint density at radius 1 is 1.11 bits per heavy atom. The molecule has 154 valence electrons. The van der Waals surface area contributed by atoms with Crippen LogP contribution in [0, 0.1) is 11.8 Å². The number of rotatable bonds is 11. The van der Waals surface area contributed by atoms with Crippen LogP contribution in [0.3, 0.4) is 0 Å². The van der Waals surface area contributed by atoms with Gasteiger partial charge in [-0.3, -0.25) is 4.79 Å². The van der Waals surface area contributed by atoms with Crippen molar-refractivity contribution >= 4 is 11.9 Å². The molecule has 1 aliphatic carbocycles. The molecule has 1 aromatic carbocycles. The molecule has 0 spiro atoms. The molecule has 0 unspecified atom stereocenters. The van der Waals surface area contributed by atoms with Crippen LogP contribution >= 0.6 is 0 Å². The molecule has 0 heterocycles. The molecular weight excluding hydrogens is 360 g/mol. The van der Waals surface area contributed by atoms with Crippen molar-refractivity contribution in [2.24, 2.45) is 11.8 Å². The molecule has 0 radical (unpaired) electrons. The van der Waals surface area contributed by atoms with Crippen LogP contribution in [0.1, 0.15) is 55.3 Å². The van der Waals surface area contributed by atoms with Gasteiger partial charge in [-0.2, -0.15) is 0 Å². The smallest absolute Gasteiger partial charge is 0.338 e. The molecule has 1 aromatic rings. The molecule has 2 rings (SSSR count). The summed E-state index contributed by atoms with van der Waals surface area (Å²) in [5.41, 5.74) is 0.435. The van der Waals surface area contributed by atoms with Gasteiger partial charge in [-0.15, -0.1) is 0 Å². The van der Waals surface area contributed by atoms with Crippen molar-refractivity contribution in [1.82, 2.24) is 0 Å². The first kappa shape index (κ1) is 22.1. The molecule has 0 amide bonds. The molecular formula is C22H30O6. The van der Waals surface area contributed by atoms with Crippen LogP contribution in [0.4, 0.5) is 0 Å². The van der Waals surface area contributed by atoms with Gasteiger partial charge >= 0.3 is 11.9 Å². The Morgan fingerprint density at radius 2 is 1.82 bits per heavy atom. The Labute approximate surface area is 165 Å². The molecule has 1 saturated carbocycles. The molecule has 28 heavy (non-hydrogen) atoms. The topological polar surface area (TPSA) is 104 Å². The molecule has 4 atom stereocenters. The van der Waals surface area contributed by atoms with E-state index in [1.54, 1.807) is 24.3 Å². The summed E-state index contributed by atoms with van der Waals surface area (Å²) in [5.74, 6) is -2.23. The Balaban J connectivity index is 2.00. The number of allylic oxidation sites excluding steroid dienone is 1. The van der Waals surface area contributed by atoms with Crippen LogP contribution in [0.25, 0.3) is 0 Å². The number of carboxylic acid groups (broad SMARTS) is 1. The predicted molar refractivity (Wildman–Crippen MR) is 105 cm³/mol. The van der Waals surface area contributed by atoms with Crippen LogP contribution < -0.4 is 0 Å². The summed E-state index contributed by atoms with van der Waals surface area (Å²) in [6, 6.07) is 8.65. The standard InChI is InChI=1S/C22H30O6/c23-13-9-4-2-1-3-8-12-17-18(14-21(25)26)19(24)15-20(17)28-22(27)16-10-6-5-7-11-16/h5-8,10-12,17-20,23-24H,1-4,9,13-15H2,(H,25,26)/t17-,18-,19+,20-/m1/s1. The third-order valence-electron chi connectivity index (χ3n) is 5.21. The fraction of sp³-hybridized carbons (Fsp3) is 0.545. The zero-order valence-corrected chi connectivity index (χ0v) is 16.1. The molecule has 1 fully saturated rings. The monoisotopic (exact) mass is 390 g/mol. The molecule has 6 nitrogen and oxygen atoms in total. The van der Waals surface area contributed by atoms with E-state index in [0.717, 1.165) is 32.1 Å². The molecule has 0 bridgehead atoms. The number of carboxylic acids is 1.